The van der Waals surface area contributed by atoms with Gasteiger partial charge in [0.2, 0.25) is 23.3 Å². The largest absolute Gasteiger partial charge is 0.378 e. The molecule has 0 bridgehead atoms. The first-order valence-corrected chi connectivity index (χ1v) is 6.11. The third-order valence-electron chi connectivity index (χ3n) is 2.72. The summed E-state index contributed by atoms with van der Waals surface area (Å²) in [7, 11) is 0. The van der Waals surface area contributed by atoms with Gasteiger partial charge in [-0.2, -0.15) is 45.1 Å². The van der Waals surface area contributed by atoms with Crippen molar-refractivity contribution in [1.82, 2.24) is 9.97 Å². The monoisotopic (exact) mass is 358 g/mol. The molecule has 0 fully saturated rings. The second kappa shape index (κ2) is 6.84. The van der Waals surface area contributed by atoms with Gasteiger partial charge in [-0.3, -0.25) is 0 Å². The molecule has 2 aromatic rings. The van der Waals surface area contributed by atoms with E-state index in [0.717, 1.165) is 0 Å². The van der Waals surface area contributed by atoms with Crippen LogP contribution in [0, 0.1) is 47.1 Å². The summed E-state index contributed by atoms with van der Waals surface area (Å²) in [5.74, 6) is -14.9. The van der Waals surface area contributed by atoms with Crippen LogP contribution in [-0.4, -0.2) is 23.1 Å². The highest BCUT2D eigenvalue weighted by Crippen LogP contribution is 2.23. The quantitative estimate of drug-likeness (QED) is 0.490. The number of anilines is 2. The van der Waals surface area contributed by atoms with Gasteiger partial charge in [0, 0.05) is 13.1 Å². The van der Waals surface area contributed by atoms with Crippen molar-refractivity contribution in [3.05, 3.63) is 47.1 Å². The molecule has 130 valence electrons. The van der Waals surface area contributed by atoms with Gasteiger partial charge < -0.3 is 10.6 Å². The highest BCUT2D eigenvalue weighted by Gasteiger charge is 2.22. The summed E-state index contributed by atoms with van der Waals surface area (Å²) in [6.07, 6.45) is 0. The van der Waals surface area contributed by atoms with Crippen LogP contribution in [0.25, 0.3) is 0 Å². The van der Waals surface area contributed by atoms with Crippen LogP contribution in [0.5, 0.6) is 0 Å². The van der Waals surface area contributed by atoms with Crippen molar-refractivity contribution in [3.8, 4) is 0 Å². The summed E-state index contributed by atoms with van der Waals surface area (Å²) in [5.41, 5.74) is -2.40. The zero-order valence-electron chi connectivity index (χ0n) is 11.3. The fourth-order valence-corrected chi connectivity index (χ4v) is 1.66. The van der Waals surface area contributed by atoms with Crippen LogP contribution in [0.4, 0.5) is 46.5 Å². The number of nitrogens with one attached hydrogen (secondary N) is 2. The fraction of sp³-hybridized carbons (Fsp3) is 0.167. The maximum atomic E-state index is 13.3. The van der Waals surface area contributed by atoms with E-state index >= 15 is 0 Å². The highest BCUT2D eigenvalue weighted by molar-refractivity contribution is 5.47. The lowest BCUT2D eigenvalue weighted by Crippen LogP contribution is -2.19. The van der Waals surface area contributed by atoms with Gasteiger partial charge in [0.25, 0.3) is 23.8 Å². The molecule has 0 aliphatic carbocycles. The van der Waals surface area contributed by atoms with Crippen molar-refractivity contribution < 1.29 is 35.1 Å². The second-order valence-electron chi connectivity index (χ2n) is 4.25. The number of nitrogens with zero attached hydrogens (tertiary/aromatic N) is 2. The van der Waals surface area contributed by atoms with E-state index in [1.165, 1.54) is 0 Å². The third-order valence-corrected chi connectivity index (χ3v) is 2.72. The molecule has 0 spiro atoms. The minimum atomic E-state index is -1.90. The van der Waals surface area contributed by atoms with E-state index in [0.29, 0.717) is 0 Å². The first-order valence-electron chi connectivity index (χ1n) is 6.11. The van der Waals surface area contributed by atoms with Crippen LogP contribution >= 0.6 is 0 Å². The van der Waals surface area contributed by atoms with Crippen LogP contribution in [0.3, 0.4) is 0 Å². The Morgan fingerprint density at radius 2 is 0.750 bits per heavy atom. The number of hydrogen-bond donors (Lipinski definition) is 2. The average Bonchev–Trinajstić information content (AvgIpc) is 2.53. The van der Waals surface area contributed by atoms with E-state index in [1.54, 1.807) is 0 Å². The zero-order valence-corrected chi connectivity index (χ0v) is 11.3. The summed E-state index contributed by atoms with van der Waals surface area (Å²) >= 11 is 0. The van der Waals surface area contributed by atoms with Crippen molar-refractivity contribution >= 4 is 11.4 Å². The standard InChI is InChI=1S/C12H6F8N4/c13-3-7(4(14)10(18)23-9(3)17)21-1-2-22-8-5(15)11(19)24-12(20)6(8)16/h1-2H2,(H,21,23)(H,22,24). The van der Waals surface area contributed by atoms with Gasteiger partial charge in [-0.1, -0.05) is 0 Å². The van der Waals surface area contributed by atoms with Crippen molar-refractivity contribution in [1.29, 1.82) is 0 Å². The SMILES string of the molecule is Fc1nc(F)c(F)c(NCCNc2c(F)c(F)nc(F)c2F)c1F. The maximum absolute atomic E-state index is 13.3. The van der Waals surface area contributed by atoms with Gasteiger partial charge in [-0.05, 0) is 0 Å². The molecule has 0 radical (unpaired) electrons. The minimum absolute atomic E-state index is 0.527. The summed E-state index contributed by atoms with van der Waals surface area (Å²) in [6, 6.07) is 0. The van der Waals surface area contributed by atoms with Gasteiger partial charge >= 0.3 is 0 Å². The van der Waals surface area contributed by atoms with Crippen LogP contribution in [0.1, 0.15) is 0 Å². The molecule has 24 heavy (non-hydrogen) atoms. The molecule has 12 heteroatoms. The van der Waals surface area contributed by atoms with E-state index in [4.69, 9.17) is 0 Å². The summed E-state index contributed by atoms with van der Waals surface area (Å²) < 4.78 is 104. The van der Waals surface area contributed by atoms with Crippen molar-refractivity contribution in [2.24, 2.45) is 0 Å². The van der Waals surface area contributed by atoms with Crippen molar-refractivity contribution in [2.75, 3.05) is 23.7 Å². The van der Waals surface area contributed by atoms with E-state index in [9.17, 15) is 35.1 Å². The van der Waals surface area contributed by atoms with E-state index in [2.05, 4.69) is 9.97 Å². The smallest absolute Gasteiger partial charge is 0.253 e. The molecule has 2 aromatic heterocycles. The Kier molecular flexibility index (Phi) is 5.04. The molecular formula is C12H6F8N4. The van der Waals surface area contributed by atoms with Gasteiger partial charge in [0.1, 0.15) is 11.4 Å². The summed E-state index contributed by atoms with van der Waals surface area (Å²) in [5, 5.41) is 3.84. The molecule has 0 saturated carbocycles. The lowest BCUT2D eigenvalue weighted by Gasteiger charge is -2.12. The molecule has 0 unspecified atom stereocenters. The molecule has 0 aliphatic rings. The summed E-state index contributed by atoms with van der Waals surface area (Å²) in [4.78, 5) is 4.65. The molecular weight excluding hydrogens is 352 g/mol. The Labute approximate surface area is 128 Å². The number of pyridine rings is 2. The maximum Gasteiger partial charge on any atom is 0.253 e. The molecule has 0 aromatic carbocycles. The first-order chi connectivity index (χ1) is 11.2. The number of rotatable bonds is 5. The summed E-state index contributed by atoms with van der Waals surface area (Å²) in [6.45, 7) is -1.05. The molecule has 0 atom stereocenters. The molecule has 0 saturated heterocycles. The average molecular weight is 358 g/mol. The lowest BCUT2D eigenvalue weighted by atomic mass is 10.3. The predicted octanol–water partition coefficient (Wildman–Crippen LogP) is 3.11. The normalized spacial score (nSPS) is 10.8. The van der Waals surface area contributed by atoms with Crippen LogP contribution in [0.2, 0.25) is 0 Å². The fourth-order valence-electron chi connectivity index (χ4n) is 1.66. The van der Waals surface area contributed by atoms with E-state index in [1.807, 2.05) is 10.6 Å². The zero-order chi connectivity index (χ0) is 18.0. The number of halogens is 8. The van der Waals surface area contributed by atoms with Crippen LogP contribution < -0.4 is 10.6 Å². The number of aromatic nitrogens is 2. The Morgan fingerprint density at radius 3 is 1.00 bits per heavy atom. The van der Waals surface area contributed by atoms with Gasteiger partial charge in [0.05, 0.1) is 0 Å². The van der Waals surface area contributed by atoms with E-state index in [-0.39, 0.29) is 0 Å². The topological polar surface area (TPSA) is 49.8 Å². The van der Waals surface area contributed by atoms with E-state index < -0.39 is 71.5 Å². The van der Waals surface area contributed by atoms with Crippen LogP contribution in [0.15, 0.2) is 0 Å². The third kappa shape index (κ3) is 3.31. The predicted molar refractivity (Wildman–Crippen MR) is 65.1 cm³/mol. The highest BCUT2D eigenvalue weighted by atomic mass is 19.2. The molecule has 0 aliphatic heterocycles. The van der Waals surface area contributed by atoms with Gasteiger partial charge in [-0.15, -0.1) is 0 Å². The molecule has 2 N–H and O–H groups in total. The van der Waals surface area contributed by atoms with Gasteiger partial charge in [-0.25, -0.2) is 0 Å². The molecule has 2 rings (SSSR count). The first kappa shape index (κ1) is 17.7. The Bertz CT molecular complexity index is 665. The Hall–Kier alpha value is -2.66. The van der Waals surface area contributed by atoms with Gasteiger partial charge in [0.15, 0.2) is 0 Å². The second-order valence-corrected chi connectivity index (χ2v) is 4.25. The van der Waals surface area contributed by atoms with Crippen molar-refractivity contribution in [3.63, 3.8) is 0 Å². The van der Waals surface area contributed by atoms with Crippen LogP contribution in [-0.2, 0) is 0 Å². The number of hydrogen-bond acceptors (Lipinski definition) is 4. The molecule has 0 amide bonds. The molecule has 2 heterocycles. The van der Waals surface area contributed by atoms with Crippen molar-refractivity contribution in [2.45, 2.75) is 0 Å². The minimum Gasteiger partial charge on any atom is -0.378 e. The Morgan fingerprint density at radius 1 is 0.500 bits per heavy atom. The lowest BCUT2D eigenvalue weighted by molar-refractivity contribution is 0.410. The molecule has 4 nitrogen and oxygen atoms in total. The Balaban J connectivity index is 2.08.